The van der Waals surface area contributed by atoms with Crippen LogP contribution in [-0.2, 0) is 11.2 Å². The Morgan fingerprint density at radius 1 is 1.17 bits per heavy atom. The molecule has 0 aliphatic carbocycles. The number of aryl methyl sites for hydroxylation is 1. The Bertz CT molecular complexity index is 626. The number of benzene rings is 2. The monoisotopic (exact) mass is 317 g/mol. The Labute approximate surface area is 134 Å². The van der Waals surface area contributed by atoms with Crippen LogP contribution in [0.5, 0.6) is 5.75 Å². The summed E-state index contributed by atoms with van der Waals surface area (Å²) in [5.41, 5.74) is 2.02. The van der Waals surface area contributed by atoms with Crippen molar-refractivity contribution in [2.75, 3.05) is 13.2 Å². The minimum Gasteiger partial charge on any atom is -0.484 e. The summed E-state index contributed by atoms with van der Waals surface area (Å²) in [5, 5.41) is 12.2. The van der Waals surface area contributed by atoms with Gasteiger partial charge in [0, 0.05) is 0 Å². The van der Waals surface area contributed by atoms with E-state index in [2.05, 4.69) is 12.2 Å². The molecule has 122 valence electrons. The molecule has 0 aliphatic rings. The Morgan fingerprint density at radius 2 is 1.83 bits per heavy atom. The molecule has 1 atom stereocenters. The van der Waals surface area contributed by atoms with Crippen LogP contribution in [0.15, 0.2) is 48.5 Å². The molecule has 23 heavy (non-hydrogen) atoms. The largest absolute Gasteiger partial charge is 0.484 e. The van der Waals surface area contributed by atoms with Crippen molar-refractivity contribution in [3.05, 3.63) is 65.5 Å². The topological polar surface area (TPSA) is 58.6 Å². The van der Waals surface area contributed by atoms with E-state index in [1.54, 1.807) is 0 Å². The van der Waals surface area contributed by atoms with Gasteiger partial charge in [0.25, 0.3) is 5.91 Å². The normalized spacial score (nSPS) is 11.8. The van der Waals surface area contributed by atoms with Crippen LogP contribution in [-0.4, -0.2) is 24.2 Å². The quantitative estimate of drug-likeness (QED) is 0.825. The first-order valence-electron chi connectivity index (χ1n) is 7.49. The van der Waals surface area contributed by atoms with Gasteiger partial charge in [-0.2, -0.15) is 0 Å². The number of aliphatic hydroxyl groups is 1. The second kappa shape index (κ2) is 8.29. The molecule has 2 aromatic rings. The maximum atomic E-state index is 12.8. The zero-order valence-corrected chi connectivity index (χ0v) is 13.0. The maximum absolute atomic E-state index is 12.8. The van der Waals surface area contributed by atoms with Crippen LogP contribution in [0.1, 0.15) is 24.1 Å². The lowest BCUT2D eigenvalue weighted by Crippen LogP contribution is -2.34. The third kappa shape index (κ3) is 5.07. The van der Waals surface area contributed by atoms with Crippen molar-refractivity contribution in [1.82, 2.24) is 5.32 Å². The summed E-state index contributed by atoms with van der Waals surface area (Å²) in [7, 11) is 0. The Hall–Kier alpha value is -2.40. The number of amides is 1. The molecular weight excluding hydrogens is 297 g/mol. The molecule has 2 aromatic carbocycles. The van der Waals surface area contributed by atoms with E-state index >= 15 is 0 Å². The average molecular weight is 317 g/mol. The molecule has 4 nitrogen and oxygen atoms in total. The molecule has 0 saturated carbocycles. The van der Waals surface area contributed by atoms with Gasteiger partial charge in [-0.3, -0.25) is 4.79 Å². The molecule has 0 aliphatic heterocycles. The summed E-state index contributed by atoms with van der Waals surface area (Å²) >= 11 is 0. The highest BCUT2D eigenvalue weighted by Crippen LogP contribution is 2.14. The van der Waals surface area contributed by atoms with Crippen LogP contribution in [0.2, 0.25) is 0 Å². The smallest absolute Gasteiger partial charge is 0.258 e. The number of rotatable bonds is 7. The summed E-state index contributed by atoms with van der Waals surface area (Å²) < 4.78 is 18.1. The predicted octanol–water partition coefficient (Wildman–Crippen LogP) is 2.62. The summed E-state index contributed by atoms with van der Waals surface area (Å²) in [6, 6.07) is 12.7. The summed E-state index contributed by atoms with van der Waals surface area (Å²) in [5.74, 6) is -0.306. The van der Waals surface area contributed by atoms with Crippen molar-refractivity contribution < 1.29 is 19.0 Å². The molecule has 0 heterocycles. The zero-order chi connectivity index (χ0) is 16.7. The molecule has 0 spiro atoms. The van der Waals surface area contributed by atoms with Crippen molar-refractivity contribution in [3.63, 3.8) is 0 Å². The van der Waals surface area contributed by atoms with Gasteiger partial charge in [-0.1, -0.05) is 31.2 Å². The number of hydrogen-bond donors (Lipinski definition) is 2. The van der Waals surface area contributed by atoms with Gasteiger partial charge in [0.2, 0.25) is 0 Å². The van der Waals surface area contributed by atoms with Gasteiger partial charge >= 0.3 is 0 Å². The van der Waals surface area contributed by atoms with Crippen LogP contribution >= 0.6 is 0 Å². The first kappa shape index (κ1) is 17.0. The molecule has 1 amide bonds. The SMILES string of the molecule is CCc1ccc(C(CO)NC(=O)COc2ccc(F)cc2)cc1. The van der Waals surface area contributed by atoms with E-state index in [0.29, 0.717) is 5.75 Å². The minimum absolute atomic E-state index is 0.199. The number of carbonyl (C=O) groups is 1. The molecule has 2 rings (SSSR count). The molecule has 0 saturated heterocycles. The third-order valence-electron chi connectivity index (χ3n) is 3.49. The predicted molar refractivity (Wildman–Crippen MR) is 85.7 cm³/mol. The molecular formula is C18H20FNO3. The van der Waals surface area contributed by atoms with Gasteiger partial charge in [0.1, 0.15) is 11.6 Å². The first-order chi connectivity index (χ1) is 11.1. The van der Waals surface area contributed by atoms with Crippen molar-refractivity contribution >= 4 is 5.91 Å². The van der Waals surface area contributed by atoms with Crippen molar-refractivity contribution in [2.24, 2.45) is 0 Å². The van der Waals surface area contributed by atoms with Gasteiger partial charge in [-0.05, 0) is 41.8 Å². The van der Waals surface area contributed by atoms with Gasteiger partial charge in [0.05, 0.1) is 12.6 Å². The summed E-state index contributed by atoms with van der Waals surface area (Å²) in [6.07, 6.45) is 0.932. The lowest BCUT2D eigenvalue weighted by atomic mass is 10.0. The standard InChI is InChI=1S/C18H20FNO3/c1-2-13-3-5-14(6-4-13)17(11-21)20-18(22)12-23-16-9-7-15(19)8-10-16/h3-10,17,21H,2,11-12H2,1H3,(H,20,22). The first-order valence-corrected chi connectivity index (χ1v) is 7.49. The van der Waals surface area contributed by atoms with E-state index in [9.17, 15) is 14.3 Å². The molecule has 0 bridgehead atoms. The number of aliphatic hydroxyl groups excluding tert-OH is 1. The lowest BCUT2D eigenvalue weighted by Gasteiger charge is -2.17. The number of nitrogens with one attached hydrogen (secondary N) is 1. The number of carbonyl (C=O) groups excluding carboxylic acids is 1. The Kier molecular flexibility index (Phi) is 6.11. The van der Waals surface area contributed by atoms with E-state index in [4.69, 9.17) is 4.74 Å². The molecule has 0 fully saturated rings. The highest BCUT2D eigenvalue weighted by molar-refractivity contribution is 5.78. The number of hydrogen-bond acceptors (Lipinski definition) is 3. The number of halogens is 1. The summed E-state index contributed by atoms with van der Waals surface area (Å²) in [6.45, 7) is 1.66. The Balaban J connectivity index is 1.89. The number of ether oxygens (including phenoxy) is 1. The fourth-order valence-corrected chi connectivity index (χ4v) is 2.14. The van der Waals surface area contributed by atoms with Crippen LogP contribution in [0, 0.1) is 5.82 Å². The molecule has 0 aromatic heterocycles. The zero-order valence-electron chi connectivity index (χ0n) is 13.0. The molecule has 5 heteroatoms. The van der Waals surface area contributed by atoms with Gasteiger partial charge in [-0.25, -0.2) is 4.39 Å². The average Bonchev–Trinajstić information content (AvgIpc) is 2.59. The van der Waals surface area contributed by atoms with Crippen molar-refractivity contribution in [3.8, 4) is 5.75 Å². The second-order valence-corrected chi connectivity index (χ2v) is 5.14. The molecule has 0 radical (unpaired) electrons. The van der Waals surface area contributed by atoms with Crippen LogP contribution in [0.25, 0.3) is 0 Å². The second-order valence-electron chi connectivity index (χ2n) is 5.14. The fraction of sp³-hybridized carbons (Fsp3) is 0.278. The van der Waals surface area contributed by atoms with Crippen molar-refractivity contribution in [2.45, 2.75) is 19.4 Å². The minimum atomic E-state index is -0.481. The van der Waals surface area contributed by atoms with E-state index < -0.39 is 6.04 Å². The van der Waals surface area contributed by atoms with Gasteiger partial charge < -0.3 is 15.2 Å². The van der Waals surface area contributed by atoms with E-state index in [0.717, 1.165) is 12.0 Å². The van der Waals surface area contributed by atoms with Crippen LogP contribution < -0.4 is 10.1 Å². The molecule has 2 N–H and O–H groups in total. The highest BCUT2D eigenvalue weighted by Gasteiger charge is 2.14. The highest BCUT2D eigenvalue weighted by atomic mass is 19.1. The van der Waals surface area contributed by atoms with Crippen LogP contribution in [0.4, 0.5) is 4.39 Å². The third-order valence-corrected chi connectivity index (χ3v) is 3.49. The van der Waals surface area contributed by atoms with E-state index in [1.165, 1.54) is 29.8 Å². The summed E-state index contributed by atoms with van der Waals surface area (Å²) in [4.78, 5) is 11.9. The maximum Gasteiger partial charge on any atom is 0.258 e. The van der Waals surface area contributed by atoms with Gasteiger partial charge in [-0.15, -0.1) is 0 Å². The van der Waals surface area contributed by atoms with Crippen molar-refractivity contribution in [1.29, 1.82) is 0 Å². The lowest BCUT2D eigenvalue weighted by molar-refractivity contribution is -0.124. The van der Waals surface area contributed by atoms with E-state index in [1.807, 2.05) is 24.3 Å². The molecule has 1 unspecified atom stereocenters. The fourth-order valence-electron chi connectivity index (χ4n) is 2.14. The Morgan fingerprint density at radius 3 is 2.39 bits per heavy atom. The van der Waals surface area contributed by atoms with Gasteiger partial charge in [0.15, 0.2) is 6.61 Å². The van der Waals surface area contributed by atoms with Crippen LogP contribution in [0.3, 0.4) is 0 Å². The van der Waals surface area contributed by atoms with E-state index in [-0.39, 0.29) is 24.9 Å².